The van der Waals surface area contributed by atoms with Crippen LogP contribution in [0.1, 0.15) is 32.0 Å². The van der Waals surface area contributed by atoms with Gasteiger partial charge < -0.3 is 14.0 Å². The molecule has 1 aromatic heterocycles. The zero-order chi connectivity index (χ0) is 21.3. The van der Waals surface area contributed by atoms with Crippen LogP contribution in [0.2, 0.25) is 0 Å². The normalized spacial score (nSPS) is 10.7. The van der Waals surface area contributed by atoms with Gasteiger partial charge >= 0.3 is 5.97 Å². The molecule has 0 saturated heterocycles. The third kappa shape index (κ3) is 3.51. The van der Waals surface area contributed by atoms with Crippen LogP contribution in [0, 0.1) is 18.6 Å². The van der Waals surface area contributed by atoms with E-state index in [2.05, 4.69) is 0 Å². The molecule has 150 valence electrons. The van der Waals surface area contributed by atoms with Crippen molar-refractivity contribution in [2.75, 3.05) is 14.2 Å². The van der Waals surface area contributed by atoms with Crippen molar-refractivity contribution >= 4 is 11.8 Å². The molecule has 29 heavy (non-hydrogen) atoms. The monoisotopic (exact) mass is 399 g/mol. The summed E-state index contributed by atoms with van der Waals surface area (Å²) in [5, 5.41) is 0. The highest BCUT2D eigenvalue weighted by molar-refractivity contribution is 6.15. The maximum Gasteiger partial charge on any atom is 0.340 e. The van der Waals surface area contributed by atoms with E-state index in [1.54, 1.807) is 31.3 Å². The highest BCUT2D eigenvalue weighted by Gasteiger charge is 2.29. The van der Waals surface area contributed by atoms with Gasteiger partial charge in [-0.15, -0.1) is 0 Å². The zero-order valence-corrected chi connectivity index (χ0v) is 16.4. The second kappa shape index (κ2) is 7.87. The number of ketones is 1. The first-order chi connectivity index (χ1) is 13.8. The fraction of sp³-hybridized carbons (Fsp3) is 0.182. The molecule has 3 rings (SSSR count). The number of benzene rings is 2. The lowest BCUT2D eigenvalue weighted by Gasteiger charge is -2.13. The summed E-state index contributed by atoms with van der Waals surface area (Å²) in [4.78, 5) is 25.6. The molecule has 0 bridgehead atoms. The Balaban J connectivity index is 2.31. The molecule has 0 spiro atoms. The van der Waals surface area contributed by atoms with Crippen molar-refractivity contribution in [2.45, 2.75) is 6.92 Å². The number of nitrogens with zero attached hydrogens (tertiary/aromatic N) is 1. The van der Waals surface area contributed by atoms with Crippen LogP contribution in [0.15, 0.2) is 42.6 Å². The second-order valence-corrected chi connectivity index (χ2v) is 6.46. The summed E-state index contributed by atoms with van der Waals surface area (Å²) < 4.78 is 40.3. The lowest BCUT2D eigenvalue weighted by molar-refractivity contribution is 0.0601. The van der Waals surface area contributed by atoms with E-state index < -0.39 is 23.4 Å². The molecular formula is C22H19F2NO4. The van der Waals surface area contributed by atoms with E-state index in [0.29, 0.717) is 11.3 Å². The number of hydrogen-bond donors (Lipinski definition) is 0. The number of ether oxygens (including phenoxy) is 2. The van der Waals surface area contributed by atoms with Crippen LogP contribution in [0.3, 0.4) is 0 Å². The van der Waals surface area contributed by atoms with E-state index in [1.165, 1.54) is 31.9 Å². The molecule has 1 heterocycles. The average Bonchev–Trinajstić information content (AvgIpc) is 3.06. The van der Waals surface area contributed by atoms with E-state index >= 15 is 0 Å². The number of aryl methyl sites for hydroxylation is 1. The molecule has 0 atom stereocenters. The molecule has 0 aliphatic heterocycles. The lowest BCUT2D eigenvalue weighted by atomic mass is 9.93. The topological polar surface area (TPSA) is 57.5 Å². The summed E-state index contributed by atoms with van der Waals surface area (Å²) in [6, 6.07) is 8.32. The summed E-state index contributed by atoms with van der Waals surface area (Å²) in [5.41, 5.74) is 0.157. The lowest BCUT2D eigenvalue weighted by Crippen LogP contribution is -2.10. The van der Waals surface area contributed by atoms with Gasteiger partial charge in [0.1, 0.15) is 17.4 Å². The van der Waals surface area contributed by atoms with E-state index in [-0.39, 0.29) is 27.9 Å². The van der Waals surface area contributed by atoms with E-state index in [0.717, 1.165) is 12.1 Å². The van der Waals surface area contributed by atoms with E-state index in [9.17, 15) is 18.4 Å². The van der Waals surface area contributed by atoms with Crippen LogP contribution < -0.4 is 4.74 Å². The Hall–Kier alpha value is -3.48. The number of esters is 1. The van der Waals surface area contributed by atoms with Crippen LogP contribution >= 0.6 is 0 Å². The van der Waals surface area contributed by atoms with Gasteiger partial charge in [-0.2, -0.15) is 0 Å². The SMILES string of the molecule is COC(=O)c1cn(C)c(C(=O)c2ccc(OC)cc2)c1-c1c(F)ccc(F)c1C. The molecule has 0 aliphatic rings. The molecule has 0 unspecified atom stereocenters. The van der Waals surface area contributed by atoms with Crippen molar-refractivity contribution in [3.05, 3.63) is 76.6 Å². The summed E-state index contributed by atoms with van der Waals surface area (Å²) in [6.45, 7) is 1.39. The fourth-order valence-corrected chi connectivity index (χ4v) is 3.26. The number of carbonyl (C=O) groups is 2. The zero-order valence-electron chi connectivity index (χ0n) is 16.4. The smallest absolute Gasteiger partial charge is 0.340 e. The van der Waals surface area contributed by atoms with Gasteiger partial charge in [0.25, 0.3) is 0 Å². The molecule has 0 fully saturated rings. The van der Waals surface area contributed by atoms with Crippen molar-refractivity contribution in [2.24, 2.45) is 7.05 Å². The minimum absolute atomic E-state index is 0.00494. The molecule has 0 saturated carbocycles. The van der Waals surface area contributed by atoms with Gasteiger partial charge in [0.15, 0.2) is 0 Å². The van der Waals surface area contributed by atoms with Gasteiger partial charge in [-0.3, -0.25) is 4.79 Å². The Morgan fingerprint density at radius 2 is 1.55 bits per heavy atom. The molecule has 0 aliphatic carbocycles. The van der Waals surface area contributed by atoms with Crippen LogP contribution in [0.25, 0.3) is 11.1 Å². The summed E-state index contributed by atoms with van der Waals surface area (Å²) in [6.07, 6.45) is 1.38. The third-order valence-electron chi connectivity index (χ3n) is 4.75. The fourth-order valence-electron chi connectivity index (χ4n) is 3.26. The standard InChI is InChI=1S/C22H19F2NO4/c1-12-16(23)9-10-17(24)18(12)19-15(22(27)29-4)11-25(2)20(19)21(26)13-5-7-14(28-3)8-6-13/h5-11H,1-4H3. The third-order valence-corrected chi connectivity index (χ3v) is 4.75. The quantitative estimate of drug-likeness (QED) is 0.474. The minimum Gasteiger partial charge on any atom is -0.497 e. The van der Waals surface area contributed by atoms with Gasteiger partial charge in [-0.1, -0.05) is 0 Å². The molecular weight excluding hydrogens is 380 g/mol. The molecule has 7 heteroatoms. The Bertz CT molecular complexity index is 1100. The van der Waals surface area contributed by atoms with Crippen molar-refractivity contribution in [3.63, 3.8) is 0 Å². The van der Waals surface area contributed by atoms with Crippen LogP contribution in [-0.4, -0.2) is 30.5 Å². The van der Waals surface area contributed by atoms with E-state index in [1.807, 2.05) is 0 Å². The van der Waals surface area contributed by atoms with Gasteiger partial charge in [0.05, 0.1) is 25.5 Å². The number of methoxy groups -OCH3 is 2. The van der Waals surface area contributed by atoms with Crippen molar-refractivity contribution in [1.29, 1.82) is 0 Å². The highest BCUT2D eigenvalue weighted by Crippen LogP contribution is 2.36. The Morgan fingerprint density at radius 3 is 2.14 bits per heavy atom. The van der Waals surface area contributed by atoms with Crippen molar-refractivity contribution in [3.8, 4) is 16.9 Å². The molecule has 3 aromatic rings. The molecule has 2 aromatic carbocycles. The predicted molar refractivity (Wildman–Crippen MR) is 103 cm³/mol. The number of carbonyl (C=O) groups excluding carboxylic acids is 2. The number of rotatable bonds is 5. The summed E-state index contributed by atoms with van der Waals surface area (Å²) in [5.74, 6) is -2.04. The van der Waals surface area contributed by atoms with Gasteiger partial charge in [0, 0.05) is 29.9 Å². The molecule has 5 nitrogen and oxygen atoms in total. The summed E-state index contributed by atoms with van der Waals surface area (Å²) >= 11 is 0. The average molecular weight is 399 g/mol. The van der Waals surface area contributed by atoms with Crippen molar-refractivity contribution < 1.29 is 27.8 Å². The Kier molecular flexibility index (Phi) is 5.50. The summed E-state index contributed by atoms with van der Waals surface area (Å²) in [7, 11) is 4.24. The highest BCUT2D eigenvalue weighted by atomic mass is 19.1. The van der Waals surface area contributed by atoms with Crippen LogP contribution in [-0.2, 0) is 11.8 Å². The van der Waals surface area contributed by atoms with Crippen LogP contribution in [0.5, 0.6) is 5.75 Å². The van der Waals surface area contributed by atoms with E-state index in [4.69, 9.17) is 9.47 Å². The number of aromatic nitrogens is 1. The second-order valence-electron chi connectivity index (χ2n) is 6.46. The number of hydrogen-bond acceptors (Lipinski definition) is 4. The molecule has 0 radical (unpaired) electrons. The molecule has 0 N–H and O–H groups in total. The Labute approximate surface area is 166 Å². The van der Waals surface area contributed by atoms with Gasteiger partial charge in [-0.25, -0.2) is 13.6 Å². The maximum absolute atomic E-state index is 14.8. The Morgan fingerprint density at radius 1 is 0.931 bits per heavy atom. The van der Waals surface area contributed by atoms with Crippen molar-refractivity contribution in [1.82, 2.24) is 4.57 Å². The van der Waals surface area contributed by atoms with Gasteiger partial charge in [-0.05, 0) is 48.9 Å². The minimum atomic E-state index is -0.757. The number of halogens is 2. The predicted octanol–water partition coefficient (Wildman–Crippen LogP) is 4.30. The first-order valence-electron chi connectivity index (χ1n) is 8.71. The largest absolute Gasteiger partial charge is 0.497 e. The first kappa shape index (κ1) is 20.3. The molecule has 0 amide bonds. The van der Waals surface area contributed by atoms with Gasteiger partial charge in [0.2, 0.25) is 5.78 Å². The maximum atomic E-state index is 14.8. The first-order valence-corrected chi connectivity index (χ1v) is 8.71. The van der Waals surface area contributed by atoms with Crippen LogP contribution in [0.4, 0.5) is 8.78 Å².